The van der Waals surface area contributed by atoms with Crippen molar-refractivity contribution in [1.29, 1.82) is 0 Å². The lowest BCUT2D eigenvalue weighted by Gasteiger charge is -2.28. The Labute approximate surface area is 123 Å². The molecule has 1 aromatic carbocycles. The third-order valence-corrected chi connectivity index (χ3v) is 4.06. The second-order valence-electron chi connectivity index (χ2n) is 5.35. The van der Waals surface area contributed by atoms with Gasteiger partial charge in [-0.25, -0.2) is 8.78 Å². The summed E-state index contributed by atoms with van der Waals surface area (Å²) in [4.78, 5) is 13.8. The molecule has 0 aromatic heterocycles. The Hall–Kier alpha value is -1.53. The van der Waals surface area contributed by atoms with Gasteiger partial charge in [0, 0.05) is 26.3 Å². The molecule has 0 spiro atoms. The summed E-state index contributed by atoms with van der Waals surface area (Å²) in [5, 5.41) is 3.09. The zero-order valence-electron chi connectivity index (χ0n) is 12.4. The summed E-state index contributed by atoms with van der Waals surface area (Å²) in [6.07, 6.45) is 0.589. The fraction of sp³-hybridized carbons (Fsp3) is 0.533. The fourth-order valence-corrected chi connectivity index (χ4v) is 2.55. The van der Waals surface area contributed by atoms with Gasteiger partial charge in [0.15, 0.2) is 0 Å². The normalized spacial score (nSPS) is 23.1. The monoisotopic (exact) mass is 298 g/mol. The number of benzene rings is 1. The van der Waals surface area contributed by atoms with Crippen molar-refractivity contribution < 1.29 is 18.3 Å². The number of rotatable bonds is 4. The third-order valence-electron chi connectivity index (χ3n) is 4.06. The number of halogens is 2. The van der Waals surface area contributed by atoms with Crippen LogP contribution in [-0.2, 0) is 9.53 Å². The highest BCUT2D eigenvalue weighted by molar-refractivity contribution is 5.82. The molecule has 1 aliphatic rings. The molecule has 6 heteroatoms. The van der Waals surface area contributed by atoms with Crippen molar-refractivity contribution in [3.8, 4) is 0 Å². The Morgan fingerprint density at radius 2 is 2.19 bits per heavy atom. The van der Waals surface area contributed by atoms with E-state index >= 15 is 0 Å². The number of nitrogens with zero attached hydrogens (tertiary/aromatic N) is 1. The molecule has 0 bridgehead atoms. The van der Waals surface area contributed by atoms with Gasteiger partial charge in [-0.2, -0.15) is 0 Å². The zero-order chi connectivity index (χ0) is 15.6. The fourth-order valence-electron chi connectivity index (χ4n) is 2.55. The van der Waals surface area contributed by atoms with Crippen molar-refractivity contribution in [1.82, 2.24) is 10.2 Å². The van der Waals surface area contributed by atoms with Crippen molar-refractivity contribution in [2.75, 3.05) is 20.7 Å². The van der Waals surface area contributed by atoms with Gasteiger partial charge in [0.05, 0.1) is 18.2 Å². The first-order chi connectivity index (χ1) is 9.93. The predicted octanol–water partition coefficient (Wildman–Crippen LogP) is 1.86. The molecule has 1 aliphatic heterocycles. The molecule has 1 heterocycles. The van der Waals surface area contributed by atoms with Crippen molar-refractivity contribution in [3.63, 3.8) is 0 Å². The van der Waals surface area contributed by atoms with E-state index in [1.54, 1.807) is 21.1 Å². The number of carbonyl (C=O) groups is 1. The van der Waals surface area contributed by atoms with Crippen LogP contribution in [0.2, 0.25) is 0 Å². The van der Waals surface area contributed by atoms with Crippen molar-refractivity contribution in [2.24, 2.45) is 0 Å². The molecule has 0 aliphatic carbocycles. The molecule has 3 unspecified atom stereocenters. The topological polar surface area (TPSA) is 41.6 Å². The van der Waals surface area contributed by atoms with Gasteiger partial charge >= 0.3 is 0 Å². The highest BCUT2D eigenvalue weighted by Crippen LogP contribution is 2.24. The number of hydrogen-bond acceptors (Lipinski definition) is 3. The first-order valence-corrected chi connectivity index (χ1v) is 6.91. The van der Waals surface area contributed by atoms with Crippen molar-refractivity contribution >= 4 is 5.91 Å². The minimum Gasteiger partial charge on any atom is -0.380 e. The van der Waals surface area contributed by atoms with E-state index in [2.05, 4.69) is 5.32 Å². The standard InChI is InChI=1S/C15H20F2N2O2/c1-9(12-6-10(16)4-5-13(12)17)19(2)15(20)14-7-11(21-3)8-18-14/h4-6,9,11,14,18H,7-8H2,1-3H3. The van der Waals surface area contributed by atoms with E-state index in [4.69, 9.17) is 4.74 Å². The first-order valence-electron chi connectivity index (χ1n) is 6.91. The van der Waals surface area contributed by atoms with E-state index in [0.29, 0.717) is 13.0 Å². The van der Waals surface area contributed by atoms with Crippen molar-refractivity contribution in [2.45, 2.75) is 31.5 Å². The molecular formula is C15H20F2N2O2. The summed E-state index contributed by atoms with van der Waals surface area (Å²) in [5.74, 6) is -1.18. The van der Waals surface area contributed by atoms with Crippen LogP contribution in [0.25, 0.3) is 0 Å². The quantitative estimate of drug-likeness (QED) is 0.922. The summed E-state index contributed by atoms with van der Waals surface area (Å²) in [5.41, 5.74) is 0.173. The van der Waals surface area contributed by atoms with Gasteiger partial charge < -0.3 is 15.0 Å². The van der Waals surface area contributed by atoms with Crippen LogP contribution in [0.5, 0.6) is 0 Å². The predicted molar refractivity (Wildman–Crippen MR) is 74.7 cm³/mol. The first kappa shape index (κ1) is 15.9. The largest absolute Gasteiger partial charge is 0.380 e. The summed E-state index contributed by atoms with van der Waals surface area (Å²) in [6, 6.07) is 2.38. The van der Waals surface area contributed by atoms with Gasteiger partial charge in [0.2, 0.25) is 5.91 Å². The molecule has 1 amide bonds. The molecule has 116 valence electrons. The molecule has 1 saturated heterocycles. The number of nitrogens with one attached hydrogen (secondary N) is 1. The maximum atomic E-state index is 13.8. The lowest BCUT2D eigenvalue weighted by Crippen LogP contribution is -2.42. The second kappa shape index (κ2) is 6.49. The van der Waals surface area contributed by atoms with Crippen LogP contribution in [0.3, 0.4) is 0 Å². The van der Waals surface area contributed by atoms with Gasteiger partial charge in [-0.3, -0.25) is 4.79 Å². The molecule has 1 N–H and O–H groups in total. The van der Waals surface area contributed by atoms with Gasteiger partial charge in [-0.15, -0.1) is 0 Å². The lowest BCUT2D eigenvalue weighted by atomic mass is 10.0. The molecule has 4 nitrogen and oxygen atoms in total. The number of likely N-dealkylation sites (N-methyl/N-ethyl adjacent to an activating group) is 1. The smallest absolute Gasteiger partial charge is 0.240 e. The molecule has 1 aromatic rings. The Balaban J connectivity index is 2.10. The molecule has 3 atom stereocenters. The summed E-state index contributed by atoms with van der Waals surface area (Å²) < 4.78 is 32.3. The number of amides is 1. The molecule has 0 saturated carbocycles. The van der Waals surface area contributed by atoms with Crippen LogP contribution in [0.4, 0.5) is 8.78 Å². The van der Waals surface area contributed by atoms with Crippen LogP contribution in [0.1, 0.15) is 24.9 Å². The van der Waals surface area contributed by atoms with Crippen LogP contribution in [-0.4, -0.2) is 43.7 Å². The minimum absolute atomic E-state index is 0.00793. The number of ether oxygens (including phenoxy) is 1. The average Bonchev–Trinajstić information content (AvgIpc) is 2.96. The molecular weight excluding hydrogens is 278 g/mol. The van der Waals surface area contributed by atoms with Crippen LogP contribution in [0, 0.1) is 11.6 Å². The van der Waals surface area contributed by atoms with Gasteiger partial charge in [-0.1, -0.05) is 0 Å². The molecule has 1 fully saturated rings. The number of methoxy groups -OCH3 is 1. The van der Waals surface area contributed by atoms with E-state index in [-0.39, 0.29) is 23.6 Å². The van der Waals surface area contributed by atoms with Crippen LogP contribution in [0.15, 0.2) is 18.2 Å². The third kappa shape index (κ3) is 3.39. The summed E-state index contributed by atoms with van der Waals surface area (Å²) >= 11 is 0. The van der Waals surface area contributed by atoms with E-state index in [9.17, 15) is 13.6 Å². The lowest BCUT2D eigenvalue weighted by molar-refractivity contribution is -0.133. The van der Waals surface area contributed by atoms with Gasteiger partial charge in [0.25, 0.3) is 0 Å². The average molecular weight is 298 g/mol. The Morgan fingerprint density at radius 1 is 1.48 bits per heavy atom. The Bertz CT molecular complexity index is 524. The van der Waals surface area contributed by atoms with E-state index < -0.39 is 17.7 Å². The summed E-state index contributed by atoms with van der Waals surface area (Å²) in [7, 11) is 3.20. The van der Waals surface area contributed by atoms with E-state index in [0.717, 1.165) is 18.2 Å². The SMILES string of the molecule is COC1CNC(C(=O)N(C)C(C)c2cc(F)ccc2F)C1. The van der Waals surface area contributed by atoms with Gasteiger partial charge in [0.1, 0.15) is 11.6 Å². The highest BCUT2D eigenvalue weighted by Gasteiger charge is 2.33. The molecule has 2 rings (SSSR count). The second-order valence-corrected chi connectivity index (χ2v) is 5.35. The Kier molecular flexibility index (Phi) is 4.90. The molecule has 0 radical (unpaired) electrons. The van der Waals surface area contributed by atoms with Crippen molar-refractivity contribution in [3.05, 3.63) is 35.4 Å². The Morgan fingerprint density at radius 3 is 2.81 bits per heavy atom. The minimum atomic E-state index is -0.545. The summed E-state index contributed by atoms with van der Waals surface area (Å²) in [6.45, 7) is 2.29. The highest BCUT2D eigenvalue weighted by atomic mass is 19.1. The van der Waals surface area contributed by atoms with E-state index in [1.165, 1.54) is 4.90 Å². The van der Waals surface area contributed by atoms with Crippen LogP contribution >= 0.6 is 0 Å². The number of carbonyl (C=O) groups excluding carboxylic acids is 1. The maximum absolute atomic E-state index is 13.8. The van der Waals surface area contributed by atoms with Gasteiger partial charge in [-0.05, 0) is 31.5 Å². The number of hydrogen-bond donors (Lipinski definition) is 1. The van der Waals surface area contributed by atoms with E-state index in [1.807, 2.05) is 0 Å². The van der Waals surface area contributed by atoms with Crippen LogP contribution < -0.4 is 5.32 Å². The maximum Gasteiger partial charge on any atom is 0.240 e. The zero-order valence-corrected chi connectivity index (χ0v) is 12.4. The molecule has 21 heavy (non-hydrogen) atoms.